The fraction of sp³-hybridized carbons (Fsp3) is 0.211. The summed E-state index contributed by atoms with van der Waals surface area (Å²) in [7, 11) is 0. The summed E-state index contributed by atoms with van der Waals surface area (Å²) in [5.41, 5.74) is 0.797. The van der Waals surface area contributed by atoms with Crippen molar-refractivity contribution in [2.24, 2.45) is 0 Å². The lowest BCUT2D eigenvalue weighted by molar-refractivity contribution is -0.128. The van der Waals surface area contributed by atoms with Crippen molar-refractivity contribution in [2.75, 3.05) is 6.61 Å². The number of phenolic OH excluding ortho intramolecular Hbond substituents is 1. The van der Waals surface area contributed by atoms with Crippen LogP contribution in [0, 0.1) is 0 Å². The monoisotopic (exact) mass is 375 g/mol. The summed E-state index contributed by atoms with van der Waals surface area (Å²) in [6.45, 7) is 0.811. The normalized spacial score (nSPS) is 11.5. The molecule has 0 spiro atoms. The quantitative estimate of drug-likeness (QED) is 0.725. The number of hydrogen-bond acceptors (Lipinski definition) is 5. The highest BCUT2D eigenvalue weighted by atomic mass is 35.5. The van der Waals surface area contributed by atoms with Crippen molar-refractivity contribution in [3.8, 4) is 5.75 Å². The Labute approximate surface area is 155 Å². The maximum atomic E-state index is 12.0. The Morgan fingerprint density at radius 1 is 1.15 bits per heavy atom. The number of amides is 1. The Morgan fingerprint density at radius 3 is 2.46 bits per heavy atom. The summed E-state index contributed by atoms with van der Waals surface area (Å²) in [5, 5.41) is 12.5. The fourth-order valence-corrected chi connectivity index (χ4v) is 2.43. The third-order valence-electron chi connectivity index (χ3n) is 3.62. The van der Waals surface area contributed by atoms with Gasteiger partial charge in [-0.2, -0.15) is 0 Å². The Morgan fingerprint density at radius 2 is 1.85 bits per heavy atom. The molecule has 6 nitrogen and oxygen atoms in total. The van der Waals surface area contributed by atoms with E-state index in [4.69, 9.17) is 16.3 Å². The van der Waals surface area contributed by atoms with E-state index in [2.05, 4.69) is 5.32 Å². The minimum absolute atomic E-state index is 0.102. The number of Topliss-reactive ketones (excluding diaryl/α,β-unsaturated/α-hetero) is 1. The average molecular weight is 376 g/mol. The SMILES string of the molecule is CC(=O)[C@H](Cc1ccccc1)NC(=O)COC(=O)c1ccc(Cl)cc1O. The van der Waals surface area contributed by atoms with E-state index in [9.17, 15) is 19.5 Å². The van der Waals surface area contributed by atoms with Crippen molar-refractivity contribution in [3.05, 3.63) is 64.7 Å². The number of carbonyl (C=O) groups excluding carboxylic acids is 3. The van der Waals surface area contributed by atoms with Gasteiger partial charge in [-0.05, 0) is 37.1 Å². The molecule has 1 atom stereocenters. The van der Waals surface area contributed by atoms with Crippen LogP contribution in [-0.2, 0) is 20.7 Å². The Kier molecular flexibility index (Phi) is 6.74. The molecule has 0 radical (unpaired) electrons. The molecule has 0 aliphatic carbocycles. The molecular formula is C19H18ClNO5. The zero-order valence-corrected chi connectivity index (χ0v) is 14.8. The van der Waals surface area contributed by atoms with Gasteiger partial charge < -0.3 is 15.2 Å². The standard InChI is InChI=1S/C19H18ClNO5/c1-12(22)16(9-13-5-3-2-4-6-13)21-18(24)11-26-19(25)15-8-7-14(20)10-17(15)23/h2-8,10,16,23H,9,11H2,1H3,(H,21,24)/t16-/m0/s1. The van der Waals surface area contributed by atoms with E-state index >= 15 is 0 Å². The van der Waals surface area contributed by atoms with E-state index in [1.807, 2.05) is 30.3 Å². The third kappa shape index (κ3) is 5.60. The largest absolute Gasteiger partial charge is 0.507 e. The Hall–Kier alpha value is -2.86. The van der Waals surface area contributed by atoms with E-state index in [1.165, 1.54) is 25.1 Å². The summed E-state index contributed by atoms with van der Waals surface area (Å²) < 4.78 is 4.88. The molecule has 0 saturated carbocycles. The number of nitrogens with one attached hydrogen (secondary N) is 1. The molecule has 0 bridgehead atoms. The van der Waals surface area contributed by atoms with Gasteiger partial charge in [-0.25, -0.2) is 4.79 Å². The van der Waals surface area contributed by atoms with Gasteiger partial charge in [0.15, 0.2) is 12.4 Å². The number of ketones is 1. The number of esters is 1. The minimum Gasteiger partial charge on any atom is -0.507 e. The van der Waals surface area contributed by atoms with Crippen LogP contribution in [0.25, 0.3) is 0 Å². The predicted molar refractivity (Wildman–Crippen MR) is 96.2 cm³/mol. The summed E-state index contributed by atoms with van der Waals surface area (Å²) in [6, 6.07) is 12.4. The number of benzene rings is 2. The molecular weight excluding hydrogens is 358 g/mol. The summed E-state index contributed by atoms with van der Waals surface area (Å²) in [4.78, 5) is 35.7. The van der Waals surface area contributed by atoms with Gasteiger partial charge in [0.1, 0.15) is 11.3 Å². The zero-order chi connectivity index (χ0) is 19.1. The van der Waals surface area contributed by atoms with Gasteiger partial charge in [0.25, 0.3) is 5.91 Å². The molecule has 136 valence electrons. The molecule has 26 heavy (non-hydrogen) atoms. The van der Waals surface area contributed by atoms with Gasteiger partial charge in [-0.3, -0.25) is 9.59 Å². The molecule has 0 aliphatic rings. The van der Waals surface area contributed by atoms with Gasteiger partial charge in [0.2, 0.25) is 0 Å². The maximum absolute atomic E-state index is 12.0. The van der Waals surface area contributed by atoms with Crippen molar-refractivity contribution < 1.29 is 24.2 Å². The molecule has 7 heteroatoms. The molecule has 2 rings (SSSR count). The van der Waals surface area contributed by atoms with Crippen LogP contribution in [0.15, 0.2) is 48.5 Å². The van der Waals surface area contributed by atoms with E-state index in [1.54, 1.807) is 0 Å². The molecule has 0 aliphatic heterocycles. The predicted octanol–water partition coefficient (Wildman–Crippen LogP) is 2.52. The number of halogens is 1. The smallest absolute Gasteiger partial charge is 0.342 e. The minimum atomic E-state index is -0.864. The third-order valence-corrected chi connectivity index (χ3v) is 3.86. The number of ether oxygens (including phenoxy) is 1. The van der Waals surface area contributed by atoms with Crippen LogP contribution in [0.3, 0.4) is 0 Å². The lowest BCUT2D eigenvalue weighted by Crippen LogP contribution is -2.43. The second-order valence-electron chi connectivity index (χ2n) is 5.66. The van der Waals surface area contributed by atoms with E-state index in [0.717, 1.165) is 5.56 Å². The van der Waals surface area contributed by atoms with Crippen molar-refractivity contribution in [1.82, 2.24) is 5.32 Å². The highest BCUT2D eigenvalue weighted by Gasteiger charge is 2.19. The highest BCUT2D eigenvalue weighted by molar-refractivity contribution is 6.30. The van der Waals surface area contributed by atoms with Crippen LogP contribution in [0.5, 0.6) is 5.75 Å². The van der Waals surface area contributed by atoms with Crippen LogP contribution >= 0.6 is 11.6 Å². The Balaban J connectivity index is 1.91. The van der Waals surface area contributed by atoms with Gasteiger partial charge in [0.05, 0.1) is 6.04 Å². The van der Waals surface area contributed by atoms with Crippen LogP contribution in [-0.4, -0.2) is 35.4 Å². The molecule has 0 unspecified atom stereocenters. The maximum Gasteiger partial charge on any atom is 0.342 e. The molecule has 2 N–H and O–H groups in total. The van der Waals surface area contributed by atoms with Crippen LogP contribution in [0.1, 0.15) is 22.8 Å². The summed E-state index contributed by atoms with van der Waals surface area (Å²) >= 11 is 5.69. The number of aromatic hydroxyl groups is 1. The van der Waals surface area contributed by atoms with Gasteiger partial charge in [0, 0.05) is 5.02 Å². The van der Waals surface area contributed by atoms with Crippen LogP contribution in [0.4, 0.5) is 0 Å². The zero-order valence-electron chi connectivity index (χ0n) is 14.1. The van der Waals surface area contributed by atoms with E-state index in [-0.39, 0.29) is 22.1 Å². The van der Waals surface area contributed by atoms with Crippen LogP contribution < -0.4 is 5.32 Å². The van der Waals surface area contributed by atoms with Gasteiger partial charge in [-0.15, -0.1) is 0 Å². The molecule has 1 amide bonds. The van der Waals surface area contributed by atoms with Crippen molar-refractivity contribution in [3.63, 3.8) is 0 Å². The van der Waals surface area contributed by atoms with Crippen molar-refractivity contribution in [1.29, 1.82) is 0 Å². The lowest BCUT2D eigenvalue weighted by Gasteiger charge is -2.16. The fourth-order valence-electron chi connectivity index (χ4n) is 2.27. The first-order valence-corrected chi connectivity index (χ1v) is 8.24. The number of phenols is 1. The number of rotatable bonds is 7. The Bertz CT molecular complexity index is 807. The van der Waals surface area contributed by atoms with Gasteiger partial charge >= 0.3 is 5.97 Å². The first-order chi connectivity index (χ1) is 12.4. The molecule has 2 aromatic carbocycles. The topological polar surface area (TPSA) is 92.7 Å². The second kappa shape index (κ2) is 9.01. The van der Waals surface area contributed by atoms with Gasteiger partial charge in [-0.1, -0.05) is 41.9 Å². The second-order valence-corrected chi connectivity index (χ2v) is 6.09. The molecule has 2 aromatic rings. The average Bonchev–Trinajstić information content (AvgIpc) is 2.60. The molecule has 0 heterocycles. The van der Waals surface area contributed by atoms with Crippen molar-refractivity contribution >= 4 is 29.3 Å². The molecule has 0 saturated heterocycles. The van der Waals surface area contributed by atoms with E-state index < -0.39 is 24.5 Å². The highest BCUT2D eigenvalue weighted by Crippen LogP contribution is 2.22. The summed E-state index contributed by atoms with van der Waals surface area (Å²) in [5.74, 6) is -2.02. The number of hydrogen-bond donors (Lipinski definition) is 2. The van der Waals surface area contributed by atoms with E-state index in [0.29, 0.717) is 6.42 Å². The molecule has 0 fully saturated rings. The summed E-state index contributed by atoms with van der Waals surface area (Å²) in [6.07, 6.45) is 0.341. The first kappa shape index (κ1) is 19.5. The lowest BCUT2D eigenvalue weighted by atomic mass is 10.0. The van der Waals surface area contributed by atoms with Crippen molar-refractivity contribution in [2.45, 2.75) is 19.4 Å². The molecule has 0 aromatic heterocycles. The first-order valence-electron chi connectivity index (χ1n) is 7.86. The number of carbonyl (C=O) groups is 3. The van der Waals surface area contributed by atoms with Crippen LogP contribution in [0.2, 0.25) is 5.02 Å².